The van der Waals surface area contributed by atoms with E-state index in [0.717, 1.165) is 24.2 Å². The Bertz CT molecular complexity index is 1390. The third-order valence-electron chi connectivity index (χ3n) is 6.16. The lowest BCUT2D eigenvalue weighted by Crippen LogP contribution is -2.35. The van der Waals surface area contributed by atoms with Crippen LogP contribution in [0.4, 0.5) is 20.2 Å². The maximum absolute atomic E-state index is 14.1. The molecule has 0 aliphatic carbocycles. The van der Waals surface area contributed by atoms with Crippen molar-refractivity contribution in [3.05, 3.63) is 82.9 Å². The number of carbonyl (C=O) groups is 1. The molecule has 37 heavy (non-hydrogen) atoms. The standard InChI is InChI=1S/C27H29F2N3O4S/c1-18-16-19-6-5-13-32(37(34,35)21-11-9-20(10-12-21)36-15-14-31(2)3)25(19)17-24(18)30-27(33)26-22(28)7-4-8-23(26)29/h4,7-12,16-17H,5-6,13-15H2,1-3H3,(H,30,33). The number of ether oxygens (including phenoxy) is 1. The lowest BCUT2D eigenvalue weighted by atomic mass is 9.99. The Labute approximate surface area is 215 Å². The molecule has 0 bridgehead atoms. The van der Waals surface area contributed by atoms with Gasteiger partial charge in [-0.05, 0) is 87.5 Å². The minimum atomic E-state index is -3.91. The molecule has 1 aliphatic heterocycles. The molecule has 10 heteroatoms. The first-order valence-electron chi connectivity index (χ1n) is 11.9. The highest BCUT2D eigenvalue weighted by Crippen LogP contribution is 2.36. The summed E-state index contributed by atoms with van der Waals surface area (Å²) in [7, 11) is -0.0398. The molecule has 4 rings (SSSR count). The molecular formula is C27H29F2N3O4S. The number of likely N-dealkylation sites (N-methyl/N-ethyl adjacent to an activating group) is 1. The first-order chi connectivity index (χ1) is 17.6. The number of anilines is 2. The summed E-state index contributed by atoms with van der Waals surface area (Å²) in [4.78, 5) is 14.8. The fourth-order valence-electron chi connectivity index (χ4n) is 4.19. The predicted octanol–water partition coefficient (Wildman–Crippen LogP) is 4.61. The maximum atomic E-state index is 14.1. The first kappa shape index (κ1) is 26.6. The predicted molar refractivity (Wildman–Crippen MR) is 139 cm³/mol. The molecule has 0 spiro atoms. The van der Waals surface area contributed by atoms with Gasteiger partial charge in [0.25, 0.3) is 15.9 Å². The van der Waals surface area contributed by atoms with Gasteiger partial charge in [-0.2, -0.15) is 0 Å². The van der Waals surface area contributed by atoms with Gasteiger partial charge in [0.05, 0.1) is 10.6 Å². The quantitative estimate of drug-likeness (QED) is 0.461. The highest BCUT2D eigenvalue weighted by Gasteiger charge is 2.30. The summed E-state index contributed by atoms with van der Waals surface area (Å²) in [5, 5.41) is 2.54. The van der Waals surface area contributed by atoms with E-state index in [0.29, 0.717) is 36.4 Å². The molecule has 1 heterocycles. The van der Waals surface area contributed by atoms with Gasteiger partial charge in [0.1, 0.15) is 29.6 Å². The molecule has 0 unspecified atom stereocenters. The fraction of sp³-hybridized carbons (Fsp3) is 0.296. The van der Waals surface area contributed by atoms with E-state index in [1.807, 2.05) is 19.0 Å². The number of rotatable bonds is 8. The number of amides is 1. The third-order valence-corrected chi connectivity index (χ3v) is 7.99. The van der Waals surface area contributed by atoms with E-state index >= 15 is 0 Å². The van der Waals surface area contributed by atoms with Gasteiger partial charge < -0.3 is 15.0 Å². The number of aryl methyl sites for hydroxylation is 2. The Hall–Kier alpha value is -3.50. The second-order valence-corrected chi connectivity index (χ2v) is 11.0. The van der Waals surface area contributed by atoms with E-state index in [2.05, 4.69) is 5.32 Å². The molecule has 0 radical (unpaired) electrons. The summed E-state index contributed by atoms with van der Waals surface area (Å²) in [6.45, 7) is 3.21. The summed E-state index contributed by atoms with van der Waals surface area (Å²) in [6, 6.07) is 12.8. The maximum Gasteiger partial charge on any atom is 0.264 e. The molecule has 7 nitrogen and oxygen atoms in total. The van der Waals surface area contributed by atoms with E-state index in [4.69, 9.17) is 4.74 Å². The summed E-state index contributed by atoms with van der Waals surface area (Å²) in [6.07, 6.45) is 1.29. The molecule has 0 saturated heterocycles. The van der Waals surface area contributed by atoms with Crippen molar-refractivity contribution < 1.29 is 26.7 Å². The van der Waals surface area contributed by atoms with Crippen molar-refractivity contribution in [3.8, 4) is 5.75 Å². The van der Waals surface area contributed by atoms with E-state index < -0.39 is 33.1 Å². The molecule has 1 aliphatic rings. The van der Waals surface area contributed by atoms with Crippen molar-refractivity contribution in [1.29, 1.82) is 0 Å². The van der Waals surface area contributed by atoms with Gasteiger partial charge in [-0.3, -0.25) is 9.10 Å². The number of nitrogens with zero attached hydrogens (tertiary/aromatic N) is 2. The Kier molecular flexibility index (Phi) is 7.79. The van der Waals surface area contributed by atoms with Crippen LogP contribution in [-0.4, -0.2) is 53.0 Å². The number of fused-ring (bicyclic) bond motifs is 1. The van der Waals surface area contributed by atoms with Crippen LogP contribution in [0, 0.1) is 18.6 Å². The van der Waals surface area contributed by atoms with Crippen LogP contribution in [0.2, 0.25) is 0 Å². The van der Waals surface area contributed by atoms with Crippen LogP contribution >= 0.6 is 0 Å². The van der Waals surface area contributed by atoms with Crippen LogP contribution in [0.25, 0.3) is 0 Å². The smallest absolute Gasteiger partial charge is 0.264 e. The number of carbonyl (C=O) groups excluding carboxylic acids is 1. The molecule has 3 aromatic carbocycles. The van der Waals surface area contributed by atoms with Gasteiger partial charge in [-0.25, -0.2) is 17.2 Å². The second kappa shape index (κ2) is 10.9. The Morgan fingerprint density at radius 1 is 1.08 bits per heavy atom. The van der Waals surface area contributed by atoms with E-state index in [-0.39, 0.29) is 17.1 Å². The molecule has 0 saturated carbocycles. The number of benzene rings is 3. The third kappa shape index (κ3) is 5.75. The minimum Gasteiger partial charge on any atom is -0.492 e. The summed E-state index contributed by atoms with van der Waals surface area (Å²) >= 11 is 0. The largest absolute Gasteiger partial charge is 0.492 e. The van der Waals surface area contributed by atoms with Crippen LogP contribution in [-0.2, 0) is 16.4 Å². The lowest BCUT2D eigenvalue weighted by Gasteiger charge is -2.31. The number of sulfonamides is 1. The summed E-state index contributed by atoms with van der Waals surface area (Å²) in [5.74, 6) is -2.34. The van der Waals surface area contributed by atoms with Gasteiger partial charge in [0, 0.05) is 18.8 Å². The van der Waals surface area contributed by atoms with Crippen molar-refractivity contribution in [2.24, 2.45) is 0 Å². The van der Waals surface area contributed by atoms with Crippen molar-refractivity contribution in [2.75, 3.05) is 43.4 Å². The van der Waals surface area contributed by atoms with Crippen LogP contribution in [0.3, 0.4) is 0 Å². The summed E-state index contributed by atoms with van der Waals surface area (Å²) in [5.41, 5.74) is 1.47. The monoisotopic (exact) mass is 529 g/mol. The second-order valence-electron chi connectivity index (χ2n) is 9.15. The van der Waals surface area contributed by atoms with Crippen LogP contribution < -0.4 is 14.4 Å². The normalized spacial score (nSPS) is 13.4. The molecule has 1 N–H and O–H groups in total. The number of hydrogen-bond donors (Lipinski definition) is 1. The zero-order valence-corrected chi connectivity index (χ0v) is 21.7. The molecule has 0 atom stereocenters. The topological polar surface area (TPSA) is 79.0 Å². The van der Waals surface area contributed by atoms with Crippen molar-refractivity contribution in [2.45, 2.75) is 24.7 Å². The molecular weight excluding hydrogens is 500 g/mol. The van der Waals surface area contributed by atoms with Gasteiger partial charge in [0.15, 0.2) is 0 Å². The van der Waals surface area contributed by atoms with E-state index in [1.165, 1.54) is 22.5 Å². The molecule has 196 valence electrons. The van der Waals surface area contributed by atoms with Crippen molar-refractivity contribution >= 4 is 27.3 Å². The number of hydrogen-bond acceptors (Lipinski definition) is 5. The SMILES string of the molecule is Cc1cc2c(cc1NC(=O)c1c(F)cccc1F)N(S(=O)(=O)c1ccc(OCCN(C)C)cc1)CCC2. The van der Waals surface area contributed by atoms with E-state index in [9.17, 15) is 22.0 Å². The van der Waals surface area contributed by atoms with Crippen molar-refractivity contribution in [1.82, 2.24) is 4.90 Å². The average molecular weight is 530 g/mol. The van der Waals surface area contributed by atoms with Crippen molar-refractivity contribution in [3.63, 3.8) is 0 Å². The van der Waals surface area contributed by atoms with Crippen LogP contribution in [0.1, 0.15) is 27.9 Å². The highest BCUT2D eigenvalue weighted by molar-refractivity contribution is 7.92. The number of nitrogens with one attached hydrogen (secondary N) is 1. The highest BCUT2D eigenvalue weighted by atomic mass is 32.2. The van der Waals surface area contributed by atoms with Crippen LogP contribution in [0.15, 0.2) is 59.5 Å². The van der Waals surface area contributed by atoms with Crippen LogP contribution in [0.5, 0.6) is 5.75 Å². The Morgan fingerprint density at radius 3 is 2.41 bits per heavy atom. The molecule has 1 amide bonds. The van der Waals surface area contributed by atoms with Gasteiger partial charge in [-0.15, -0.1) is 0 Å². The van der Waals surface area contributed by atoms with Gasteiger partial charge in [0.2, 0.25) is 0 Å². The van der Waals surface area contributed by atoms with Gasteiger partial charge >= 0.3 is 0 Å². The van der Waals surface area contributed by atoms with Gasteiger partial charge in [-0.1, -0.05) is 12.1 Å². The first-order valence-corrected chi connectivity index (χ1v) is 13.3. The number of halogens is 2. The molecule has 3 aromatic rings. The molecule has 0 fully saturated rings. The van der Waals surface area contributed by atoms with E-state index in [1.54, 1.807) is 31.2 Å². The Morgan fingerprint density at radius 2 is 1.76 bits per heavy atom. The zero-order chi connectivity index (χ0) is 26.7. The minimum absolute atomic E-state index is 0.111. The fourth-order valence-corrected chi connectivity index (χ4v) is 5.72. The molecule has 0 aromatic heterocycles. The zero-order valence-electron chi connectivity index (χ0n) is 20.9. The average Bonchev–Trinajstić information content (AvgIpc) is 2.84. The Balaban J connectivity index is 1.61. The lowest BCUT2D eigenvalue weighted by molar-refractivity contribution is 0.101. The summed E-state index contributed by atoms with van der Waals surface area (Å²) < 4.78 is 62.4.